The van der Waals surface area contributed by atoms with Crippen molar-refractivity contribution in [3.8, 4) is 11.4 Å². The van der Waals surface area contributed by atoms with Crippen LogP contribution in [0.5, 0.6) is 0 Å². The lowest BCUT2D eigenvalue weighted by molar-refractivity contribution is 0.0276. The summed E-state index contributed by atoms with van der Waals surface area (Å²) in [7, 11) is 0. The fraction of sp³-hybridized carbons (Fsp3) is 0.333. The van der Waals surface area contributed by atoms with Gasteiger partial charge in [-0.15, -0.1) is 11.3 Å². The minimum absolute atomic E-state index is 0.0120. The SMILES string of the molecule is Fc1ccc(-c2csc(C3CNCCO3)n2)nc1. The number of morpholine rings is 1. The van der Waals surface area contributed by atoms with E-state index < -0.39 is 0 Å². The smallest absolute Gasteiger partial charge is 0.141 e. The van der Waals surface area contributed by atoms with Crippen molar-refractivity contribution in [3.05, 3.63) is 34.5 Å². The third-order valence-electron chi connectivity index (χ3n) is 2.71. The molecule has 1 fully saturated rings. The molecule has 1 unspecified atom stereocenters. The first-order valence-corrected chi connectivity index (χ1v) is 6.60. The van der Waals surface area contributed by atoms with Crippen LogP contribution in [0.15, 0.2) is 23.7 Å². The van der Waals surface area contributed by atoms with Gasteiger partial charge in [-0.05, 0) is 12.1 Å². The molecule has 3 rings (SSSR count). The van der Waals surface area contributed by atoms with Crippen molar-refractivity contribution in [2.45, 2.75) is 6.10 Å². The molecule has 2 aromatic heterocycles. The Bertz CT molecular complexity index is 522. The van der Waals surface area contributed by atoms with Crippen molar-refractivity contribution in [2.24, 2.45) is 0 Å². The number of pyridine rings is 1. The molecule has 0 spiro atoms. The average molecular weight is 265 g/mol. The lowest BCUT2D eigenvalue weighted by Crippen LogP contribution is -2.33. The molecule has 0 aromatic carbocycles. The molecule has 2 aromatic rings. The Morgan fingerprint density at radius 1 is 1.39 bits per heavy atom. The Hall–Kier alpha value is -1.37. The highest BCUT2D eigenvalue weighted by Gasteiger charge is 2.19. The molecule has 1 aliphatic heterocycles. The lowest BCUT2D eigenvalue weighted by Gasteiger charge is -2.21. The highest BCUT2D eigenvalue weighted by atomic mass is 32.1. The van der Waals surface area contributed by atoms with E-state index in [1.165, 1.54) is 12.3 Å². The summed E-state index contributed by atoms with van der Waals surface area (Å²) in [5.41, 5.74) is 1.45. The molecule has 0 bridgehead atoms. The summed E-state index contributed by atoms with van der Waals surface area (Å²) in [5, 5.41) is 6.12. The van der Waals surface area contributed by atoms with E-state index in [9.17, 15) is 4.39 Å². The van der Waals surface area contributed by atoms with Gasteiger partial charge in [-0.3, -0.25) is 4.98 Å². The highest BCUT2D eigenvalue weighted by Crippen LogP contribution is 2.26. The fourth-order valence-corrected chi connectivity index (χ4v) is 2.66. The zero-order chi connectivity index (χ0) is 12.4. The Kier molecular flexibility index (Phi) is 3.31. The molecule has 4 nitrogen and oxygen atoms in total. The Morgan fingerprint density at radius 2 is 2.33 bits per heavy atom. The first-order valence-electron chi connectivity index (χ1n) is 5.72. The monoisotopic (exact) mass is 265 g/mol. The van der Waals surface area contributed by atoms with Crippen LogP contribution in [0.25, 0.3) is 11.4 Å². The zero-order valence-corrected chi connectivity index (χ0v) is 10.4. The molecule has 1 N–H and O–H groups in total. The van der Waals surface area contributed by atoms with E-state index in [0.717, 1.165) is 23.8 Å². The van der Waals surface area contributed by atoms with Gasteiger partial charge in [0.2, 0.25) is 0 Å². The molecule has 18 heavy (non-hydrogen) atoms. The minimum atomic E-state index is -0.339. The van der Waals surface area contributed by atoms with Crippen molar-refractivity contribution in [1.82, 2.24) is 15.3 Å². The first-order chi connectivity index (χ1) is 8.83. The summed E-state index contributed by atoms with van der Waals surface area (Å²) in [6, 6.07) is 3.02. The Labute approximate surface area is 108 Å². The molecule has 1 aliphatic rings. The third kappa shape index (κ3) is 2.40. The molecule has 0 aliphatic carbocycles. The van der Waals surface area contributed by atoms with Gasteiger partial charge >= 0.3 is 0 Å². The maximum Gasteiger partial charge on any atom is 0.141 e. The normalized spacial score (nSPS) is 19.9. The number of ether oxygens (including phenoxy) is 1. The first kappa shape index (κ1) is 11.7. The predicted octanol–water partition coefficient (Wildman–Crippen LogP) is 2.01. The Morgan fingerprint density at radius 3 is 3.06 bits per heavy atom. The van der Waals surface area contributed by atoms with Gasteiger partial charge in [0.25, 0.3) is 0 Å². The van der Waals surface area contributed by atoms with E-state index in [1.807, 2.05) is 5.38 Å². The quantitative estimate of drug-likeness (QED) is 0.902. The van der Waals surface area contributed by atoms with E-state index in [4.69, 9.17) is 4.74 Å². The lowest BCUT2D eigenvalue weighted by atomic mass is 10.3. The second-order valence-electron chi connectivity index (χ2n) is 4.00. The highest BCUT2D eigenvalue weighted by molar-refractivity contribution is 7.10. The van der Waals surface area contributed by atoms with Crippen molar-refractivity contribution >= 4 is 11.3 Å². The molecule has 3 heterocycles. The average Bonchev–Trinajstić information content (AvgIpc) is 2.90. The summed E-state index contributed by atoms with van der Waals surface area (Å²) in [4.78, 5) is 8.52. The molecule has 1 atom stereocenters. The van der Waals surface area contributed by atoms with Gasteiger partial charge in [0.1, 0.15) is 16.9 Å². The van der Waals surface area contributed by atoms with Crippen LogP contribution in [0, 0.1) is 5.82 Å². The number of nitrogens with one attached hydrogen (secondary N) is 1. The van der Waals surface area contributed by atoms with Crippen LogP contribution in [0.3, 0.4) is 0 Å². The van der Waals surface area contributed by atoms with Crippen LogP contribution < -0.4 is 5.32 Å². The zero-order valence-electron chi connectivity index (χ0n) is 9.60. The van der Waals surface area contributed by atoms with E-state index in [1.54, 1.807) is 17.4 Å². The number of rotatable bonds is 2. The van der Waals surface area contributed by atoms with Crippen LogP contribution in [-0.4, -0.2) is 29.7 Å². The summed E-state index contributed by atoms with van der Waals surface area (Å²) < 4.78 is 18.4. The largest absolute Gasteiger partial charge is 0.368 e. The van der Waals surface area contributed by atoms with Gasteiger partial charge in [-0.2, -0.15) is 0 Å². The number of hydrogen-bond acceptors (Lipinski definition) is 5. The number of nitrogens with zero attached hydrogens (tertiary/aromatic N) is 2. The van der Waals surface area contributed by atoms with Crippen LogP contribution in [0.4, 0.5) is 4.39 Å². The number of halogens is 1. The summed E-state index contributed by atoms with van der Waals surface area (Å²) in [6.07, 6.45) is 1.21. The Balaban J connectivity index is 1.82. The molecule has 0 amide bonds. The van der Waals surface area contributed by atoms with Gasteiger partial charge in [-0.1, -0.05) is 0 Å². The standard InChI is InChI=1S/C12H12FN3OS/c13-8-1-2-9(15-5-8)10-7-18-12(16-10)11-6-14-3-4-17-11/h1-2,5,7,11,14H,3-4,6H2. The van der Waals surface area contributed by atoms with Gasteiger partial charge in [-0.25, -0.2) is 9.37 Å². The van der Waals surface area contributed by atoms with Gasteiger partial charge in [0, 0.05) is 18.5 Å². The van der Waals surface area contributed by atoms with Crippen LogP contribution >= 0.6 is 11.3 Å². The van der Waals surface area contributed by atoms with E-state index >= 15 is 0 Å². The maximum atomic E-state index is 12.8. The predicted molar refractivity (Wildman–Crippen MR) is 66.9 cm³/mol. The van der Waals surface area contributed by atoms with Crippen LogP contribution in [0.2, 0.25) is 0 Å². The topological polar surface area (TPSA) is 47.0 Å². The number of thiazole rings is 1. The second kappa shape index (κ2) is 5.09. The molecule has 0 radical (unpaired) electrons. The summed E-state index contributed by atoms with van der Waals surface area (Å²) >= 11 is 1.55. The fourth-order valence-electron chi connectivity index (χ4n) is 1.80. The van der Waals surface area contributed by atoms with Crippen LogP contribution in [0.1, 0.15) is 11.1 Å². The third-order valence-corrected chi connectivity index (χ3v) is 3.65. The van der Waals surface area contributed by atoms with Gasteiger partial charge < -0.3 is 10.1 Å². The number of aromatic nitrogens is 2. The van der Waals surface area contributed by atoms with Gasteiger partial charge in [0.05, 0.1) is 24.2 Å². The second-order valence-corrected chi connectivity index (χ2v) is 4.89. The van der Waals surface area contributed by atoms with E-state index in [-0.39, 0.29) is 11.9 Å². The minimum Gasteiger partial charge on any atom is -0.368 e. The van der Waals surface area contributed by atoms with Crippen LogP contribution in [-0.2, 0) is 4.74 Å². The summed E-state index contributed by atoms with van der Waals surface area (Å²) in [6.45, 7) is 2.37. The van der Waals surface area contributed by atoms with Crippen molar-refractivity contribution in [1.29, 1.82) is 0 Å². The molecule has 0 saturated carbocycles. The molecular formula is C12H12FN3OS. The number of hydrogen-bond donors (Lipinski definition) is 1. The van der Waals surface area contributed by atoms with Crippen molar-refractivity contribution in [3.63, 3.8) is 0 Å². The van der Waals surface area contributed by atoms with E-state index in [0.29, 0.717) is 12.3 Å². The molecular weight excluding hydrogens is 253 g/mol. The molecule has 94 valence electrons. The van der Waals surface area contributed by atoms with Gasteiger partial charge in [0.15, 0.2) is 0 Å². The summed E-state index contributed by atoms with van der Waals surface area (Å²) in [5.74, 6) is -0.339. The van der Waals surface area contributed by atoms with Crippen molar-refractivity contribution < 1.29 is 9.13 Å². The molecule has 1 saturated heterocycles. The van der Waals surface area contributed by atoms with Crippen molar-refractivity contribution in [2.75, 3.05) is 19.7 Å². The molecule has 6 heteroatoms. The maximum absolute atomic E-state index is 12.8. The van der Waals surface area contributed by atoms with E-state index in [2.05, 4.69) is 15.3 Å².